The zero-order chi connectivity index (χ0) is 24.0. The van der Waals surface area contributed by atoms with Crippen molar-refractivity contribution in [3.8, 4) is 0 Å². The number of ether oxygens (including phenoxy) is 1. The molecule has 0 radical (unpaired) electrons. The van der Waals surface area contributed by atoms with Crippen molar-refractivity contribution in [2.45, 2.75) is 45.0 Å². The molecule has 0 aliphatic heterocycles. The van der Waals surface area contributed by atoms with Crippen LogP contribution >= 0.6 is 0 Å². The van der Waals surface area contributed by atoms with Crippen molar-refractivity contribution in [2.75, 3.05) is 7.11 Å². The number of rotatable bonds is 7. The molecular formula is C29H27NO4. The molecule has 0 spiro atoms. The first kappa shape index (κ1) is 19.0. The Labute approximate surface area is 199 Å². The van der Waals surface area contributed by atoms with Gasteiger partial charge in [0.25, 0.3) is 0 Å². The summed E-state index contributed by atoms with van der Waals surface area (Å²) in [5.74, 6) is 0.587. The van der Waals surface area contributed by atoms with Gasteiger partial charge in [0.15, 0.2) is 5.78 Å². The number of furan rings is 1. The number of carbonyl (C=O) groups is 2. The number of methoxy groups -OCH3 is 1. The lowest BCUT2D eigenvalue weighted by molar-refractivity contribution is -0.251. The number of hydrogen-bond acceptors (Lipinski definition) is 4. The van der Waals surface area contributed by atoms with Gasteiger partial charge >= 0.3 is 5.97 Å². The number of hydrogen-bond donors (Lipinski definition) is 0. The van der Waals surface area contributed by atoms with Crippen LogP contribution in [0, 0.1) is 16.2 Å². The molecule has 1 unspecified atom stereocenters. The lowest BCUT2D eigenvalue weighted by atomic mass is 9.30. The third-order valence-electron chi connectivity index (χ3n) is 8.88. The van der Waals surface area contributed by atoms with E-state index in [0.717, 1.165) is 54.0 Å². The van der Waals surface area contributed by atoms with Gasteiger partial charge in [-0.1, -0.05) is 30.3 Å². The molecule has 2 bridgehead atoms. The van der Waals surface area contributed by atoms with E-state index in [1.807, 2.05) is 65.4 Å². The zero-order valence-corrected chi connectivity index (χ0v) is 19.2. The van der Waals surface area contributed by atoms with Crippen molar-refractivity contribution >= 4 is 33.6 Å². The van der Waals surface area contributed by atoms with Crippen molar-refractivity contribution in [2.24, 2.45) is 16.2 Å². The van der Waals surface area contributed by atoms with Crippen molar-refractivity contribution in [1.82, 2.24) is 4.57 Å². The summed E-state index contributed by atoms with van der Waals surface area (Å²) in [6.07, 6.45) is 7.06. The molecule has 4 saturated carbocycles. The number of aromatic nitrogens is 1. The molecule has 1 atom stereocenters. The van der Waals surface area contributed by atoms with Crippen LogP contribution in [-0.4, -0.2) is 23.4 Å². The Morgan fingerprint density at radius 3 is 2.56 bits per heavy atom. The molecular weight excluding hydrogens is 426 g/mol. The molecule has 172 valence electrons. The van der Waals surface area contributed by atoms with E-state index < -0.39 is 6.52 Å². The minimum Gasteiger partial charge on any atom is -0.469 e. The molecule has 0 saturated heterocycles. The highest BCUT2D eigenvalue weighted by molar-refractivity contribution is 6.07. The molecule has 2 heterocycles. The molecule has 4 aliphatic carbocycles. The Hall–Kier alpha value is -3.34. The summed E-state index contributed by atoms with van der Waals surface area (Å²) in [5.41, 5.74) is 2.07. The number of fused-ring (bicyclic) bond motifs is 2. The summed E-state index contributed by atoms with van der Waals surface area (Å²) in [5, 5.41) is 1.91. The molecule has 2 aromatic heterocycles. The van der Waals surface area contributed by atoms with E-state index in [-0.39, 0.29) is 28.0 Å². The number of ketones is 1. The summed E-state index contributed by atoms with van der Waals surface area (Å²) < 4.78 is 21.8. The van der Waals surface area contributed by atoms with Crippen LogP contribution in [0.3, 0.4) is 0 Å². The van der Waals surface area contributed by atoms with Gasteiger partial charge in [-0.25, -0.2) is 0 Å². The fourth-order valence-electron chi connectivity index (χ4n) is 6.99. The van der Waals surface area contributed by atoms with Gasteiger partial charge in [0.05, 0.1) is 25.9 Å². The average molecular weight is 455 g/mol. The maximum atomic E-state index is 13.7. The SMILES string of the molecule is [2H]C(c1cc2ccccc2o1)n1ccc2cccc(C(=O)CC3(C45CC(C(=O)OC)(C4)C5)CC3)c21. The molecule has 4 aromatic rings. The summed E-state index contributed by atoms with van der Waals surface area (Å²) >= 11 is 0. The van der Waals surface area contributed by atoms with E-state index in [1.165, 1.54) is 7.11 Å². The lowest BCUT2D eigenvalue weighted by Gasteiger charge is -2.72. The van der Waals surface area contributed by atoms with Gasteiger partial charge < -0.3 is 13.7 Å². The standard InChI is InChI=1S/C29H27NO4/c1-33-26(32)27-16-29(17-27,18-27)28(10-11-28)14-23(31)22-7-4-6-19-9-12-30(25(19)22)15-21-13-20-5-2-3-8-24(20)34-21/h2-9,12-13H,10-11,14-18H2,1H3/i15D. The van der Waals surface area contributed by atoms with Gasteiger partial charge in [0.1, 0.15) is 11.3 Å². The molecule has 2 aromatic carbocycles. The highest BCUT2D eigenvalue weighted by Gasteiger charge is 2.80. The van der Waals surface area contributed by atoms with Gasteiger partial charge in [0.2, 0.25) is 0 Å². The Kier molecular flexibility index (Phi) is 3.70. The van der Waals surface area contributed by atoms with Gasteiger partial charge in [-0.3, -0.25) is 9.59 Å². The predicted octanol–water partition coefficient (Wildman–Crippen LogP) is 6.13. The van der Waals surface area contributed by atoms with Gasteiger partial charge in [-0.15, -0.1) is 0 Å². The van der Waals surface area contributed by atoms with Crippen LogP contribution in [0.5, 0.6) is 0 Å². The summed E-state index contributed by atoms with van der Waals surface area (Å²) in [7, 11) is 1.46. The molecule has 5 nitrogen and oxygen atoms in total. The lowest BCUT2D eigenvalue weighted by Crippen LogP contribution is -2.69. The molecule has 5 heteroatoms. The van der Waals surface area contributed by atoms with Crippen LogP contribution in [0.1, 0.15) is 56.0 Å². The fourth-order valence-corrected chi connectivity index (χ4v) is 6.99. The highest BCUT2D eigenvalue weighted by atomic mass is 16.5. The average Bonchev–Trinajstić information content (AvgIpc) is 3.26. The number of carbonyl (C=O) groups excluding carboxylic acids is 2. The quantitative estimate of drug-likeness (QED) is 0.249. The second-order valence-corrected chi connectivity index (χ2v) is 10.7. The van der Waals surface area contributed by atoms with E-state index in [1.54, 1.807) is 0 Å². The predicted molar refractivity (Wildman–Crippen MR) is 129 cm³/mol. The van der Waals surface area contributed by atoms with E-state index in [9.17, 15) is 9.59 Å². The molecule has 0 amide bonds. The molecule has 0 N–H and O–H groups in total. The minimum absolute atomic E-state index is 0.0124. The summed E-state index contributed by atoms with van der Waals surface area (Å²) in [4.78, 5) is 25.9. The fraction of sp³-hybridized carbons (Fsp3) is 0.379. The molecule has 8 rings (SSSR count). The molecule has 4 fully saturated rings. The van der Waals surface area contributed by atoms with E-state index in [0.29, 0.717) is 17.7 Å². The van der Waals surface area contributed by atoms with E-state index in [2.05, 4.69) is 0 Å². The normalized spacial score (nSPS) is 27.5. The zero-order valence-electron chi connectivity index (χ0n) is 20.2. The minimum atomic E-state index is -0.790. The van der Waals surface area contributed by atoms with Crippen molar-refractivity contribution in [3.05, 3.63) is 72.1 Å². The van der Waals surface area contributed by atoms with Gasteiger partial charge in [0, 0.05) is 29.0 Å². The summed E-state index contributed by atoms with van der Waals surface area (Å²) in [6, 6.07) is 17.4. The first-order chi connectivity index (χ1) is 16.9. The number of Topliss-reactive ketones (excluding diaryl/α,β-unsaturated/α-hetero) is 1. The number of para-hydroxylation sites is 2. The number of esters is 1. The highest BCUT2D eigenvalue weighted by Crippen LogP contribution is 2.85. The first-order valence-electron chi connectivity index (χ1n) is 12.6. The Bertz CT molecular complexity index is 1470. The third-order valence-corrected chi connectivity index (χ3v) is 8.88. The monoisotopic (exact) mass is 454 g/mol. The van der Waals surface area contributed by atoms with E-state index in [4.69, 9.17) is 10.5 Å². The van der Waals surface area contributed by atoms with Crippen LogP contribution in [0.4, 0.5) is 0 Å². The Morgan fingerprint density at radius 1 is 1.06 bits per heavy atom. The summed E-state index contributed by atoms with van der Waals surface area (Å²) in [6.45, 7) is -0.790. The van der Waals surface area contributed by atoms with Crippen LogP contribution in [-0.2, 0) is 16.1 Å². The van der Waals surface area contributed by atoms with Gasteiger partial charge in [-0.05, 0) is 67.2 Å². The Morgan fingerprint density at radius 2 is 1.82 bits per heavy atom. The largest absolute Gasteiger partial charge is 0.469 e. The van der Waals surface area contributed by atoms with Crippen molar-refractivity contribution in [1.29, 1.82) is 0 Å². The van der Waals surface area contributed by atoms with Crippen LogP contribution in [0.15, 0.2) is 65.2 Å². The second-order valence-electron chi connectivity index (χ2n) is 10.7. The molecule has 4 aliphatic rings. The van der Waals surface area contributed by atoms with Gasteiger partial charge in [-0.2, -0.15) is 0 Å². The maximum Gasteiger partial charge on any atom is 0.311 e. The van der Waals surface area contributed by atoms with Crippen molar-refractivity contribution < 1.29 is 20.1 Å². The second kappa shape index (κ2) is 6.62. The number of nitrogens with zero attached hydrogens (tertiary/aromatic N) is 1. The van der Waals surface area contributed by atoms with Crippen LogP contribution in [0.25, 0.3) is 21.9 Å². The molecule has 34 heavy (non-hydrogen) atoms. The maximum absolute atomic E-state index is 13.7. The topological polar surface area (TPSA) is 61.4 Å². The van der Waals surface area contributed by atoms with Crippen LogP contribution in [0.2, 0.25) is 0 Å². The Balaban J connectivity index is 1.19. The smallest absolute Gasteiger partial charge is 0.311 e. The van der Waals surface area contributed by atoms with Crippen LogP contribution < -0.4 is 0 Å². The van der Waals surface area contributed by atoms with Crippen molar-refractivity contribution in [3.63, 3.8) is 0 Å². The number of benzene rings is 2. The van der Waals surface area contributed by atoms with E-state index >= 15 is 0 Å². The first-order valence-corrected chi connectivity index (χ1v) is 12.0. The third kappa shape index (κ3) is 2.61.